The minimum Gasteiger partial charge on any atom is -0.444 e. The van der Waals surface area contributed by atoms with Crippen molar-refractivity contribution < 1.29 is 28.7 Å². The molecule has 5 unspecified atom stereocenters. The summed E-state index contributed by atoms with van der Waals surface area (Å²) >= 11 is 0. The van der Waals surface area contributed by atoms with Gasteiger partial charge in [0.05, 0.1) is 6.04 Å². The first-order chi connectivity index (χ1) is 21.0. The van der Waals surface area contributed by atoms with Crippen LogP contribution >= 0.6 is 0 Å². The molecule has 10 heteroatoms. The Kier molecular flexibility index (Phi) is 10.7. The Morgan fingerprint density at radius 1 is 1.02 bits per heavy atom. The lowest BCUT2D eigenvalue weighted by Crippen LogP contribution is -2.59. The van der Waals surface area contributed by atoms with Crippen LogP contribution in [0.25, 0.3) is 0 Å². The van der Waals surface area contributed by atoms with E-state index < -0.39 is 47.4 Å². The lowest BCUT2D eigenvalue weighted by Gasteiger charge is -2.37. The first-order valence-corrected chi connectivity index (χ1v) is 17.1. The van der Waals surface area contributed by atoms with Gasteiger partial charge >= 0.3 is 6.09 Å². The van der Waals surface area contributed by atoms with Crippen molar-refractivity contribution >= 4 is 29.6 Å². The van der Waals surface area contributed by atoms with Crippen LogP contribution in [0.4, 0.5) is 4.79 Å². The highest BCUT2D eigenvalue weighted by Crippen LogP contribution is 2.65. The van der Waals surface area contributed by atoms with Crippen molar-refractivity contribution in [3.05, 3.63) is 11.6 Å². The number of carbonyl (C=O) groups excluding carboxylic acids is 5. The third-order valence-corrected chi connectivity index (χ3v) is 10.3. The second kappa shape index (κ2) is 13.8. The fraction of sp³-hybridized carbons (Fsp3) is 0.800. The van der Waals surface area contributed by atoms with Gasteiger partial charge in [0.2, 0.25) is 17.6 Å². The van der Waals surface area contributed by atoms with Crippen LogP contribution in [0.3, 0.4) is 0 Å². The summed E-state index contributed by atoms with van der Waals surface area (Å²) in [5, 5.41) is 8.54. The Hall–Kier alpha value is -2.91. The normalized spacial score (nSPS) is 28.2. The van der Waals surface area contributed by atoms with Gasteiger partial charge < -0.3 is 25.6 Å². The van der Waals surface area contributed by atoms with Gasteiger partial charge in [0.1, 0.15) is 17.7 Å². The number of carbonyl (C=O) groups is 5. The lowest BCUT2D eigenvalue weighted by molar-refractivity contribution is -0.145. The fourth-order valence-corrected chi connectivity index (χ4v) is 7.70. The molecule has 4 amide bonds. The number of fused-ring (bicyclic) bond motifs is 1. The van der Waals surface area contributed by atoms with E-state index in [4.69, 9.17) is 4.74 Å². The van der Waals surface area contributed by atoms with E-state index in [9.17, 15) is 24.0 Å². The van der Waals surface area contributed by atoms with Crippen molar-refractivity contribution in [2.24, 2.45) is 35.0 Å². The number of hydrogen-bond acceptors (Lipinski definition) is 6. The van der Waals surface area contributed by atoms with Crippen molar-refractivity contribution in [2.75, 3.05) is 13.1 Å². The molecule has 10 nitrogen and oxygen atoms in total. The predicted molar refractivity (Wildman–Crippen MR) is 172 cm³/mol. The molecule has 4 rings (SSSR count). The molecule has 1 aliphatic heterocycles. The SMILES string of the molecule is CCCC(NC(=O)[C@@H]1C2C(CN1C(=O)[C@@H](NC(=O)OC(C)(C)C)C1CCCCC1)C2(C)C)C(=O)C(=O)NCC1CC1C=C(C)C. The average molecular weight is 629 g/mol. The third kappa shape index (κ3) is 8.47. The quantitative estimate of drug-likeness (QED) is 0.215. The highest BCUT2D eigenvalue weighted by atomic mass is 16.6. The smallest absolute Gasteiger partial charge is 0.408 e. The molecule has 252 valence electrons. The number of likely N-dealkylation sites (tertiary alicyclic amines) is 1. The Balaban J connectivity index is 1.47. The van der Waals surface area contributed by atoms with Gasteiger partial charge in [-0.25, -0.2) is 4.79 Å². The number of ketones is 1. The zero-order chi connectivity index (χ0) is 33.3. The van der Waals surface area contributed by atoms with Crippen LogP contribution in [0.15, 0.2) is 11.6 Å². The second-order valence-corrected chi connectivity index (χ2v) is 15.7. The molecule has 45 heavy (non-hydrogen) atoms. The Morgan fingerprint density at radius 3 is 2.29 bits per heavy atom. The molecule has 0 aromatic rings. The van der Waals surface area contributed by atoms with Gasteiger partial charge in [0, 0.05) is 13.1 Å². The standard InChI is InChI=1S/C35H56N4O6/c1-9-13-25(29(40)31(42)36-18-23-17-22(23)16-20(2)3)37-30(41)28-26-24(35(26,7)8)19-39(28)32(43)27(21-14-11-10-12-15-21)38-33(44)45-34(4,5)6/h16,21-28H,9-15,17-19H2,1-8H3,(H,36,42)(H,37,41)(H,38,44)/t22?,23?,24?,25?,26?,27-,28-/m0/s1. The minimum absolute atomic E-state index is 0.0478. The molecule has 1 saturated heterocycles. The summed E-state index contributed by atoms with van der Waals surface area (Å²) in [6.45, 7) is 16.4. The summed E-state index contributed by atoms with van der Waals surface area (Å²) in [5.74, 6) is -1.24. The number of rotatable bonds is 12. The number of piperidine rings is 1. The number of nitrogens with one attached hydrogen (secondary N) is 3. The fourth-order valence-electron chi connectivity index (χ4n) is 7.70. The maximum Gasteiger partial charge on any atom is 0.408 e. The molecule has 3 aliphatic carbocycles. The van der Waals surface area contributed by atoms with E-state index in [2.05, 4.69) is 35.9 Å². The van der Waals surface area contributed by atoms with Crippen LogP contribution in [0.5, 0.6) is 0 Å². The lowest BCUT2D eigenvalue weighted by atomic mass is 9.83. The largest absolute Gasteiger partial charge is 0.444 e. The molecule has 0 bridgehead atoms. The first-order valence-electron chi connectivity index (χ1n) is 17.1. The highest BCUT2D eigenvalue weighted by molar-refractivity contribution is 6.38. The summed E-state index contributed by atoms with van der Waals surface area (Å²) in [5.41, 5.74) is 0.387. The number of amides is 4. The molecule has 0 aromatic carbocycles. The number of hydrogen-bond donors (Lipinski definition) is 3. The number of nitrogens with zero attached hydrogens (tertiary/aromatic N) is 1. The van der Waals surface area contributed by atoms with Gasteiger partial charge in [0.25, 0.3) is 5.91 Å². The monoisotopic (exact) mass is 628 g/mol. The molecule has 1 heterocycles. The number of Topliss-reactive ketones (excluding diaryl/α,β-unsaturated/α-hetero) is 1. The van der Waals surface area contributed by atoms with E-state index in [1.54, 1.807) is 25.7 Å². The third-order valence-electron chi connectivity index (χ3n) is 10.3. The number of alkyl carbamates (subject to hydrolysis) is 1. The summed E-state index contributed by atoms with van der Waals surface area (Å²) in [6.07, 6.45) is 8.14. The van der Waals surface area contributed by atoms with E-state index in [0.717, 1.165) is 38.5 Å². The van der Waals surface area contributed by atoms with E-state index in [1.165, 1.54) is 5.57 Å². The van der Waals surface area contributed by atoms with Crippen molar-refractivity contribution in [2.45, 2.75) is 130 Å². The second-order valence-electron chi connectivity index (χ2n) is 15.7. The van der Waals surface area contributed by atoms with Crippen molar-refractivity contribution in [3.8, 4) is 0 Å². The van der Waals surface area contributed by atoms with Crippen LogP contribution in [0, 0.1) is 35.0 Å². The molecule has 3 saturated carbocycles. The maximum atomic E-state index is 14.3. The summed E-state index contributed by atoms with van der Waals surface area (Å²) in [6, 6.07) is -2.55. The number of allylic oxidation sites excluding steroid dienone is 2. The van der Waals surface area contributed by atoms with Crippen LogP contribution in [0.2, 0.25) is 0 Å². The number of ether oxygens (including phenoxy) is 1. The highest BCUT2D eigenvalue weighted by Gasteiger charge is 2.69. The molecule has 0 radical (unpaired) electrons. The molecule has 4 aliphatic rings. The Labute approximate surface area is 269 Å². The molecule has 7 atom stereocenters. The topological polar surface area (TPSA) is 134 Å². The van der Waals surface area contributed by atoms with Crippen LogP contribution in [-0.4, -0.2) is 71.3 Å². The predicted octanol–water partition coefficient (Wildman–Crippen LogP) is 4.52. The summed E-state index contributed by atoms with van der Waals surface area (Å²) < 4.78 is 5.52. The van der Waals surface area contributed by atoms with Crippen molar-refractivity contribution in [1.29, 1.82) is 0 Å². The van der Waals surface area contributed by atoms with Crippen molar-refractivity contribution in [1.82, 2.24) is 20.9 Å². The van der Waals surface area contributed by atoms with Gasteiger partial charge in [-0.15, -0.1) is 0 Å². The van der Waals surface area contributed by atoms with E-state index in [1.807, 2.05) is 20.8 Å². The molecular weight excluding hydrogens is 572 g/mol. The van der Waals surface area contributed by atoms with Crippen LogP contribution in [-0.2, 0) is 23.9 Å². The first kappa shape index (κ1) is 35.0. The van der Waals surface area contributed by atoms with E-state index in [0.29, 0.717) is 37.8 Å². The maximum absolute atomic E-state index is 14.3. The van der Waals surface area contributed by atoms with E-state index >= 15 is 0 Å². The Morgan fingerprint density at radius 2 is 1.69 bits per heavy atom. The zero-order valence-corrected chi connectivity index (χ0v) is 28.7. The van der Waals surface area contributed by atoms with E-state index in [-0.39, 0.29) is 29.1 Å². The van der Waals surface area contributed by atoms with Gasteiger partial charge in [-0.2, -0.15) is 0 Å². The van der Waals surface area contributed by atoms with Crippen LogP contribution in [0.1, 0.15) is 107 Å². The summed E-state index contributed by atoms with van der Waals surface area (Å²) in [4.78, 5) is 69.0. The van der Waals surface area contributed by atoms with Crippen molar-refractivity contribution in [3.63, 3.8) is 0 Å². The zero-order valence-electron chi connectivity index (χ0n) is 28.7. The molecule has 0 aromatic heterocycles. The summed E-state index contributed by atoms with van der Waals surface area (Å²) in [7, 11) is 0. The minimum atomic E-state index is -0.970. The molecule has 0 spiro atoms. The molecule has 4 fully saturated rings. The Bertz CT molecular complexity index is 1180. The van der Waals surface area contributed by atoms with Gasteiger partial charge in [-0.3, -0.25) is 19.2 Å². The molecular formula is C35H56N4O6. The molecule has 3 N–H and O–H groups in total. The van der Waals surface area contributed by atoms with Gasteiger partial charge in [-0.1, -0.05) is 58.1 Å². The average Bonchev–Trinajstić information content (AvgIpc) is 3.73. The van der Waals surface area contributed by atoms with Gasteiger partial charge in [0.15, 0.2) is 0 Å². The van der Waals surface area contributed by atoms with Gasteiger partial charge in [-0.05, 0) is 95.3 Å². The van der Waals surface area contributed by atoms with Crippen LogP contribution < -0.4 is 16.0 Å².